The zero-order chi connectivity index (χ0) is 12.8. The molecule has 0 aliphatic heterocycles. The number of carbonyl (C=O) groups is 1. The van der Waals surface area contributed by atoms with E-state index < -0.39 is 5.97 Å². The van der Waals surface area contributed by atoms with Gasteiger partial charge in [-0.15, -0.1) is 0 Å². The Labute approximate surface area is 97.4 Å². The Morgan fingerprint density at radius 1 is 1.41 bits per heavy atom. The Morgan fingerprint density at radius 2 is 2.06 bits per heavy atom. The molecule has 6 heteroatoms. The molecule has 0 atom stereocenters. The smallest absolute Gasteiger partial charge is 0.337 e. The summed E-state index contributed by atoms with van der Waals surface area (Å²) < 4.78 is 0. The molecule has 0 aliphatic carbocycles. The van der Waals surface area contributed by atoms with Gasteiger partial charge in [0.1, 0.15) is 12.1 Å². The molecule has 2 N–H and O–H groups in total. The SMILES string of the molecule is Cc1cccc(C(=O)O)c1NN=C(C#N)C#N. The van der Waals surface area contributed by atoms with Crippen LogP contribution in [0.1, 0.15) is 15.9 Å². The van der Waals surface area contributed by atoms with Crippen molar-refractivity contribution in [2.45, 2.75) is 6.92 Å². The first-order valence-corrected chi connectivity index (χ1v) is 4.57. The highest BCUT2D eigenvalue weighted by atomic mass is 16.4. The first kappa shape index (κ1) is 12.2. The Bertz CT molecular complexity index is 548. The van der Waals surface area contributed by atoms with Gasteiger partial charge in [-0.05, 0) is 18.6 Å². The van der Waals surface area contributed by atoms with Gasteiger partial charge in [0.15, 0.2) is 0 Å². The lowest BCUT2D eigenvalue weighted by molar-refractivity contribution is 0.0698. The molecule has 0 radical (unpaired) electrons. The minimum atomic E-state index is -1.11. The third-order valence-corrected chi connectivity index (χ3v) is 1.99. The second kappa shape index (κ2) is 5.29. The van der Waals surface area contributed by atoms with E-state index in [1.165, 1.54) is 6.07 Å². The number of para-hydroxylation sites is 1. The number of aromatic carboxylic acids is 1. The molecule has 1 aromatic carbocycles. The van der Waals surface area contributed by atoms with Crippen molar-refractivity contribution in [2.24, 2.45) is 5.10 Å². The van der Waals surface area contributed by atoms with E-state index in [0.29, 0.717) is 5.56 Å². The number of hydrazone groups is 1. The van der Waals surface area contributed by atoms with Gasteiger partial charge in [-0.2, -0.15) is 15.6 Å². The third kappa shape index (κ3) is 2.80. The van der Waals surface area contributed by atoms with Crippen LogP contribution < -0.4 is 5.43 Å². The lowest BCUT2D eigenvalue weighted by atomic mass is 10.1. The number of nitriles is 2. The summed E-state index contributed by atoms with van der Waals surface area (Å²) in [4.78, 5) is 10.9. The summed E-state index contributed by atoms with van der Waals surface area (Å²) in [6, 6.07) is 7.84. The maximum atomic E-state index is 10.9. The number of hydrogen-bond donors (Lipinski definition) is 2. The zero-order valence-electron chi connectivity index (χ0n) is 8.93. The molecule has 0 aliphatic rings. The van der Waals surface area contributed by atoms with Crippen LogP contribution in [0, 0.1) is 29.6 Å². The molecule has 0 saturated heterocycles. The number of anilines is 1. The molecule has 0 bridgehead atoms. The van der Waals surface area contributed by atoms with E-state index >= 15 is 0 Å². The average Bonchev–Trinajstić information content (AvgIpc) is 2.31. The molecule has 17 heavy (non-hydrogen) atoms. The van der Waals surface area contributed by atoms with Crippen molar-refractivity contribution < 1.29 is 9.90 Å². The molecule has 0 fully saturated rings. The number of carboxylic acid groups (broad SMARTS) is 1. The standard InChI is InChI=1S/C11H8N4O2/c1-7-3-2-4-9(11(16)17)10(7)15-14-8(5-12)6-13/h2-4,15H,1H3,(H,16,17). The van der Waals surface area contributed by atoms with E-state index in [2.05, 4.69) is 10.5 Å². The number of nitrogens with one attached hydrogen (secondary N) is 1. The Kier molecular flexibility index (Phi) is 3.80. The van der Waals surface area contributed by atoms with Crippen LogP contribution in [0.5, 0.6) is 0 Å². The van der Waals surface area contributed by atoms with E-state index in [9.17, 15) is 4.79 Å². The summed E-state index contributed by atoms with van der Waals surface area (Å²) >= 11 is 0. The molecule has 1 aromatic rings. The van der Waals surface area contributed by atoms with Crippen molar-refractivity contribution in [1.29, 1.82) is 10.5 Å². The second-order valence-corrected chi connectivity index (χ2v) is 3.10. The highest BCUT2D eigenvalue weighted by Gasteiger charge is 2.11. The largest absolute Gasteiger partial charge is 0.478 e. The van der Waals surface area contributed by atoms with Crippen molar-refractivity contribution in [3.63, 3.8) is 0 Å². The summed E-state index contributed by atoms with van der Waals surface area (Å²) in [5.74, 6) is -1.11. The molecule has 0 aromatic heterocycles. The number of benzene rings is 1. The lowest BCUT2D eigenvalue weighted by Gasteiger charge is -2.07. The van der Waals surface area contributed by atoms with E-state index in [1.807, 2.05) is 0 Å². The van der Waals surface area contributed by atoms with Crippen LogP contribution in [-0.4, -0.2) is 16.8 Å². The number of aryl methyl sites for hydroxylation is 1. The molecule has 1 rings (SSSR count). The Balaban J connectivity index is 3.16. The Morgan fingerprint density at radius 3 is 2.59 bits per heavy atom. The van der Waals surface area contributed by atoms with Crippen LogP contribution in [0.4, 0.5) is 5.69 Å². The van der Waals surface area contributed by atoms with Crippen molar-refractivity contribution in [1.82, 2.24) is 0 Å². The molecular weight excluding hydrogens is 220 g/mol. The van der Waals surface area contributed by atoms with Crippen molar-refractivity contribution in [3.05, 3.63) is 29.3 Å². The van der Waals surface area contributed by atoms with Crippen LogP contribution in [0.3, 0.4) is 0 Å². The zero-order valence-corrected chi connectivity index (χ0v) is 8.93. The van der Waals surface area contributed by atoms with Gasteiger partial charge in [-0.25, -0.2) is 4.79 Å². The average molecular weight is 228 g/mol. The molecule has 0 heterocycles. The number of nitrogens with zero attached hydrogens (tertiary/aromatic N) is 3. The minimum Gasteiger partial charge on any atom is -0.478 e. The van der Waals surface area contributed by atoms with E-state index in [4.69, 9.17) is 15.6 Å². The third-order valence-electron chi connectivity index (χ3n) is 1.99. The van der Waals surface area contributed by atoms with Gasteiger partial charge >= 0.3 is 5.97 Å². The van der Waals surface area contributed by atoms with Crippen LogP contribution in [0.15, 0.2) is 23.3 Å². The monoisotopic (exact) mass is 228 g/mol. The first-order valence-electron chi connectivity index (χ1n) is 4.57. The van der Waals surface area contributed by atoms with Crippen molar-refractivity contribution in [3.8, 4) is 12.1 Å². The van der Waals surface area contributed by atoms with Gasteiger partial charge in [-0.1, -0.05) is 12.1 Å². The van der Waals surface area contributed by atoms with Crippen molar-refractivity contribution >= 4 is 17.4 Å². The van der Waals surface area contributed by atoms with Crippen LogP contribution in [-0.2, 0) is 0 Å². The predicted octanol–water partition coefficient (Wildman–Crippen LogP) is 1.51. The summed E-state index contributed by atoms with van der Waals surface area (Å²) in [6.45, 7) is 1.70. The fraction of sp³-hybridized carbons (Fsp3) is 0.0909. The highest BCUT2D eigenvalue weighted by Crippen LogP contribution is 2.20. The van der Waals surface area contributed by atoms with Crippen LogP contribution >= 0.6 is 0 Å². The fourth-order valence-electron chi connectivity index (χ4n) is 1.18. The van der Waals surface area contributed by atoms with Gasteiger partial charge in [0.05, 0.1) is 11.3 Å². The molecule has 0 amide bonds. The number of rotatable bonds is 3. The van der Waals surface area contributed by atoms with Crippen molar-refractivity contribution in [2.75, 3.05) is 5.43 Å². The molecule has 84 valence electrons. The van der Waals surface area contributed by atoms with Gasteiger partial charge in [0.2, 0.25) is 5.71 Å². The number of hydrogen-bond acceptors (Lipinski definition) is 5. The second-order valence-electron chi connectivity index (χ2n) is 3.10. The highest BCUT2D eigenvalue weighted by molar-refractivity contribution is 6.10. The minimum absolute atomic E-state index is 0.0315. The van der Waals surface area contributed by atoms with Gasteiger partial charge in [-0.3, -0.25) is 5.43 Å². The lowest BCUT2D eigenvalue weighted by Crippen LogP contribution is -2.05. The fourth-order valence-corrected chi connectivity index (χ4v) is 1.18. The summed E-state index contributed by atoms with van der Waals surface area (Å²) in [5.41, 5.74) is 3.01. The quantitative estimate of drug-likeness (QED) is 0.601. The van der Waals surface area contributed by atoms with Gasteiger partial charge < -0.3 is 5.11 Å². The van der Waals surface area contributed by atoms with E-state index in [0.717, 1.165) is 0 Å². The topological polar surface area (TPSA) is 109 Å². The summed E-state index contributed by atoms with van der Waals surface area (Å²) in [7, 11) is 0. The number of carboxylic acids is 1. The normalized spacial score (nSPS) is 8.65. The van der Waals surface area contributed by atoms with Crippen LogP contribution in [0.25, 0.3) is 0 Å². The van der Waals surface area contributed by atoms with Gasteiger partial charge in [0, 0.05) is 0 Å². The van der Waals surface area contributed by atoms with E-state index in [1.54, 1.807) is 31.2 Å². The maximum absolute atomic E-state index is 10.9. The predicted molar refractivity (Wildman–Crippen MR) is 60.4 cm³/mol. The molecular formula is C11H8N4O2. The van der Waals surface area contributed by atoms with E-state index in [-0.39, 0.29) is 17.0 Å². The van der Waals surface area contributed by atoms with Crippen LogP contribution in [0.2, 0.25) is 0 Å². The molecule has 0 saturated carbocycles. The summed E-state index contributed by atoms with van der Waals surface area (Å²) in [5, 5.41) is 29.5. The molecule has 0 spiro atoms. The van der Waals surface area contributed by atoms with Gasteiger partial charge in [0.25, 0.3) is 0 Å². The first-order chi connectivity index (χ1) is 8.10. The maximum Gasteiger partial charge on any atom is 0.337 e. The summed E-state index contributed by atoms with van der Waals surface area (Å²) in [6.07, 6.45) is 0. The molecule has 0 unspecified atom stereocenters. The molecule has 6 nitrogen and oxygen atoms in total. The Hall–Kier alpha value is -2.86.